The second-order valence-electron chi connectivity index (χ2n) is 4.12. The van der Waals surface area contributed by atoms with Gasteiger partial charge < -0.3 is 14.8 Å². The average Bonchev–Trinajstić information content (AvgIpc) is 2.84. The van der Waals surface area contributed by atoms with Crippen LogP contribution < -0.4 is 5.32 Å². The zero-order chi connectivity index (χ0) is 11.9. The van der Waals surface area contributed by atoms with Gasteiger partial charge in [0, 0.05) is 13.2 Å². The second-order valence-corrected chi connectivity index (χ2v) is 4.52. The summed E-state index contributed by atoms with van der Waals surface area (Å²) in [5.74, 6) is 0. The van der Waals surface area contributed by atoms with Crippen LogP contribution in [-0.4, -0.2) is 32.5 Å². The molecule has 1 aromatic carbocycles. The molecule has 0 saturated carbocycles. The monoisotopic (exact) mass is 255 g/mol. The molecule has 0 amide bonds. The maximum atomic E-state index is 6.02. The van der Waals surface area contributed by atoms with E-state index in [0.717, 1.165) is 36.7 Å². The maximum Gasteiger partial charge on any atom is 0.0809 e. The molecule has 17 heavy (non-hydrogen) atoms. The van der Waals surface area contributed by atoms with Crippen LogP contribution in [0.2, 0.25) is 5.02 Å². The molecule has 0 spiro atoms. The number of nitrogens with one attached hydrogen (secondary N) is 1. The Morgan fingerprint density at radius 3 is 3.06 bits per heavy atom. The lowest BCUT2D eigenvalue weighted by atomic mass is 10.2. The maximum absolute atomic E-state index is 6.02. The fourth-order valence-electron chi connectivity index (χ4n) is 1.85. The quantitative estimate of drug-likeness (QED) is 0.793. The molecule has 1 aliphatic heterocycles. The van der Waals surface area contributed by atoms with Gasteiger partial charge in [0.2, 0.25) is 0 Å². The van der Waals surface area contributed by atoms with E-state index in [9.17, 15) is 0 Å². The van der Waals surface area contributed by atoms with Crippen molar-refractivity contribution in [1.82, 2.24) is 0 Å². The van der Waals surface area contributed by atoms with Crippen LogP contribution in [0.25, 0.3) is 0 Å². The van der Waals surface area contributed by atoms with Crippen LogP contribution in [0.5, 0.6) is 0 Å². The molecule has 3 nitrogen and oxygen atoms in total. The Balaban J connectivity index is 1.58. The summed E-state index contributed by atoms with van der Waals surface area (Å²) in [5, 5.41) is 3.98. The normalized spacial score (nSPS) is 19.5. The van der Waals surface area contributed by atoms with Crippen molar-refractivity contribution in [3.05, 3.63) is 29.3 Å². The van der Waals surface area contributed by atoms with Crippen molar-refractivity contribution in [3.8, 4) is 0 Å². The Labute approximate surface area is 107 Å². The predicted octanol–water partition coefficient (Wildman–Crippen LogP) is 2.95. The van der Waals surface area contributed by atoms with Crippen molar-refractivity contribution in [2.75, 3.05) is 31.7 Å². The van der Waals surface area contributed by atoms with E-state index in [1.165, 1.54) is 0 Å². The summed E-state index contributed by atoms with van der Waals surface area (Å²) in [4.78, 5) is 0. The van der Waals surface area contributed by atoms with E-state index in [0.29, 0.717) is 19.3 Å². The number of para-hydroxylation sites is 1. The van der Waals surface area contributed by atoms with E-state index in [2.05, 4.69) is 5.32 Å². The Morgan fingerprint density at radius 2 is 2.29 bits per heavy atom. The zero-order valence-corrected chi connectivity index (χ0v) is 10.6. The lowest BCUT2D eigenvalue weighted by molar-refractivity contribution is 0.0206. The molecule has 1 N–H and O–H groups in total. The zero-order valence-electron chi connectivity index (χ0n) is 9.82. The summed E-state index contributed by atoms with van der Waals surface area (Å²) >= 11 is 6.02. The fraction of sp³-hybridized carbons (Fsp3) is 0.538. The molecule has 1 saturated heterocycles. The third kappa shape index (κ3) is 4.19. The van der Waals surface area contributed by atoms with Gasteiger partial charge in [-0.1, -0.05) is 23.7 Å². The van der Waals surface area contributed by atoms with Crippen LogP contribution in [0.15, 0.2) is 24.3 Å². The Bertz CT molecular complexity index is 340. The van der Waals surface area contributed by atoms with Crippen LogP contribution in [-0.2, 0) is 9.47 Å². The van der Waals surface area contributed by atoms with Gasteiger partial charge in [0.25, 0.3) is 0 Å². The van der Waals surface area contributed by atoms with E-state index in [-0.39, 0.29) is 0 Å². The van der Waals surface area contributed by atoms with E-state index < -0.39 is 0 Å². The van der Waals surface area contributed by atoms with Gasteiger partial charge in [0.15, 0.2) is 0 Å². The molecule has 0 aliphatic carbocycles. The van der Waals surface area contributed by atoms with Crippen LogP contribution in [0.3, 0.4) is 0 Å². The first-order chi connectivity index (χ1) is 8.36. The molecular weight excluding hydrogens is 238 g/mol. The van der Waals surface area contributed by atoms with E-state index in [4.69, 9.17) is 21.1 Å². The van der Waals surface area contributed by atoms with Crippen molar-refractivity contribution >= 4 is 17.3 Å². The van der Waals surface area contributed by atoms with Crippen molar-refractivity contribution in [1.29, 1.82) is 0 Å². The molecule has 0 aromatic heterocycles. The molecule has 0 radical (unpaired) electrons. The highest BCUT2D eigenvalue weighted by Crippen LogP contribution is 2.19. The molecule has 1 aromatic rings. The van der Waals surface area contributed by atoms with Gasteiger partial charge in [-0.15, -0.1) is 0 Å². The molecule has 1 heterocycles. The minimum Gasteiger partial charge on any atom is -0.382 e. The van der Waals surface area contributed by atoms with Gasteiger partial charge in [-0.05, 0) is 25.0 Å². The summed E-state index contributed by atoms with van der Waals surface area (Å²) in [5.41, 5.74) is 0.954. The van der Waals surface area contributed by atoms with Crippen molar-refractivity contribution in [2.24, 2.45) is 0 Å². The molecule has 0 bridgehead atoms. The summed E-state index contributed by atoms with van der Waals surface area (Å²) in [6, 6.07) is 7.71. The molecule has 2 rings (SSSR count). The standard InChI is InChI=1S/C13H18ClNO2/c14-12-5-1-2-6-13(12)15-7-9-16-10-11-4-3-8-17-11/h1-2,5-6,11,15H,3-4,7-10H2. The van der Waals surface area contributed by atoms with Crippen molar-refractivity contribution in [3.63, 3.8) is 0 Å². The van der Waals surface area contributed by atoms with Gasteiger partial charge in [-0.2, -0.15) is 0 Å². The average molecular weight is 256 g/mol. The number of hydrogen-bond donors (Lipinski definition) is 1. The highest BCUT2D eigenvalue weighted by molar-refractivity contribution is 6.33. The van der Waals surface area contributed by atoms with E-state index in [1.807, 2.05) is 24.3 Å². The van der Waals surface area contributed by atoms with Crippen LogP contribution >= 0.6 is 11.6 Å². The molecule has 1 atom stereocenters. The highest BCUT2D eigenvalue weighted by Gasteiger charge is 2.14. The molecule has 94 valence electrons. The summed E-state index contributed by atoms with van der Waals surface area (Å²) in [7, 11) is 0. The number of hydrogen-bond acceptors (Lipinski definition) is 3. The first-order valence-corrected chi connectivity index (χ1v) is 6.42. The molecule has 1 fully saturated rings. The molecular formula is C13H18ClNO2. The number of benzene rings is 1. The SMILES string of the molecule is Clc1ccccc1NCCOCC1CCCO1. The van der Waals surface area contributed by atoms with Crippen LogP contribution in [0.4, 0.5) is 5.69 Å². The third-order valence-electron chi connectivity index (χ3n) is 2.76. The van der Waals surface area contributed by atoms with E-state index >= 15 is 0 Å². The topological polar surface area (TPSA) is 30.5 Å². The Kier molecular flexibility index (Phi) is 5.10. The summed E-state index contributed by atoms with van der Waals surface area (Å²) < 4.78 is 11.0. The third-order valence-corrected chi connectivity index (χ3v) is 3.09. The van der Waals surface area contributed by atoms with Gasteiger partial charge in [0.05, 0.1) is 30.0 Å². The van der Waals surface area contributed by atoms with Gasteiger partial charge in [-0.3, -0.25) is 0 Å². The van der Waals surface area contributed by atoms with Crippen LogP contribution in [0, 0.1) is 0 Å². The molecule has 1 unspecified atom stereocenters. The number of anilines is 1. The Morgan fingerprint density at radius 1 is 1.41 bits per heavy atom. The minimum atomic E-state index is 0.301. The molecule has 4 heteroatoms. The molecule has 1 aliphatic rings. The van der Waals surface area contributed by atoms with Gasteiger partial charge in [-0.25, -0.2) is 0 Å². The van der Waals surface area contributed by atoms with Gasteiger partial charge >= 0.3 is 0 Å². The predicted molar refractivity (Wildman–Crippen MR) is 69.7 cm³/mol. The first kappa shape index (κ1) is 12.7. The second kappa shape index (κ2) is 6.84. The highest BCUT2D eigenvalue weighted by atomic mass is 35.5. The summed E-state index contributed by atoms with van der Waals surface area (Å²) in [6.07, 6.45) is 2.58. The van der Waals surface area contributed by atoms with Crippen molar-refractivity contribution < 1.29 is 9.47 Å². The largest absolute Gasteiger partial charge is 0.382 e. The first-order valence-electron chi connectivity index (χ1n) is 6.04. The smallest absolute Gasteiger partial charge is 0.0809 e. The Hall–Kier alpha value is -0.770. The van der Waals surface area contributed by atoms with E-state index in [1.54, 1.807) is 0 Å². The number of ether oxygens (including phenoxy) is 2. The van der Waals surface area contributed by atoms with Crippen LogP contribution in [0.1, 0.15) is 12.8 Å². The minimum absolute atomic E-state index is 0.301. The fourth-order valence-corrected chi connectivity index (χ4v) is 2.06. The number of rotatable bonds is 6. The van der Waals surface area contributed by atoms with Crippen molar-refractivity contribution in [2.45, 2.75) is 18.9 Å². The lowest BCUT2D eigenvalue weighted by Gasteiger charge is -2.11. The summed E-state index contributed by atoms with van der Waals surface area (Å²) in [6.45, 7) is 3.01. The van der Waals surface area contributed by atoms with Gasteiger partial charge in [0.1, 0.15) is 0 Å². The number of halogens is 1. The lowest BCUT2D eigenvalue weighted by Crippen LogP contribution is -2.17.